The van der Waals surface area contributed by atoms with Crippen LogP contribution in [-0.4, -0.2) is 29.5 Å². The highest BCUT2D eigenvalue weighted by Crippen LogP contribution is 2.32. The quantitative estimate of drug-likeness (QED) is 0.440. The molecule has 0 aliphatic heterocycles. The Morgan fingerprint density at radius 3 is 2.48 bits per heavy atom. The van der Waals surface area contributed by atoms with Crippen LogP contribution in [0.5, 0.6) is 5.88 Å². The molecular weight excluding hydrogens is 453 g/mol. The summed E-state index contributed by atoms with van der Waals surface area (Å²) in [4.78, 5) is 8.22. The molecule has 2 heterocycles. The number of ether oxygens (including phenoxy) is 1. The summed E-state index contributed by atoms with van der Waals surface area (Å²) >= 11 is 7.90. The Balaban J connectivity index is 2.32. The minimum atomic E-state index is -3.80. The minimum Gasteiger partial charge on any atom is -0.480 e. The maximum Gasteiger partial charge on any atom is 0.269 e. The average molecular weight is 464 g/mol. The topological polar surface area (TPSA) is 74.1 Å². The van der Waals surface area contributed by atoms with E-state index in [9.17, 15) is 8.42 Å². The van der Waals surface area contributed by atoms with E-state index in [0.29, 0.717) is 8.96 Å². The second-order valence-electron chi connectivity index (χ2n) is 4.79. The van der Waals surface area contributed by atoms with Gasteiger partial charge in [0, 0.05) is 9.77 Å². The van der Waals surface area contributed by atoms with Crippen molar-refractivity contribution in [2.24, 2.45) is 0 Å². The molecule has 3 aromatic rings. The Bertz CT molecular complexity index is 1000. The third-order valence-corrected chi connectivity index (χ3v) is 5.93. The third-order valence-electron chi connectivity index (χ3n) is 3.28. The van der Waals surface area contributed by atoms with E-state index in [1.165, 1.54) is 13.3 Å². The Morgan fingerprint density at radius 2 is 1.87 bits per heavy atom. The van der Waals surface area contributed by atoms with Gasteiger partial charge in [0.2, 0.25) is 11.2 Å². The molecule has 3 rings (SSSR count). The van der Waals surface area contributed by atoms with Crippen molar-refractivity contribution in [1.82, 2.24) is 13.9 Å². The lowest BCUT2D eigenvalue weighted by atomic mass is 10.2. The van der Waals surface area contributed by atoms with Crippen LogP contribution in [0.4, 0.5) is 0 Å². The molecule has 120 valence electrons. The summed E-state index contributed by atoms with van der Waals surface area (Å²) in [5.41, 5.74) is 1.16. The minimum absolute atomic E-state index is 0.0794. The highest BCUT2D eigenvalue weighted by atomic mass is 127. The number of halogens is 2. The summed E-state index contributed by atoms with van der Waals surface area (Å²) in [6.45, 7) is 1.89. The number of rotatable bonds is 3. The second-order valence-corrected chi connectivity index (χ2v) is 8.11. The molecule has 6 nitrogen and oxygen atoms in total. The first kappa shape index (κ1) is 16.5. The number of fused-ring (bicyclic) bond motifs is 1. The van der Waals surface area contributed by atoms with Crippen molar-refractivity contribution < 1.29 is 13.2 Å². The van der Waals surface area contributed by atoms with Crippen molar-refractivity contribution in [3.8, 4) is 5.88 Å². The smallest absolute Gasteiger partial charge is 0.269 e. The van der Waals surface area contributed by atoms with Gasteiger partial charge in [-0.1, -0.05) is 17.7 Å². The summed E-state index contributed by atoms with van der Waals surface area (Å²) in [6, 6.07) is 6.60. The zero-order valence-electron chi connectivity index (χ0n) is 12.1. The maximum atomic E-state index is 12.9. The van der Waals surface area contributed by atoms with E-state index in [0.717, 1.165) is 9.54 Å². The molecule has 0 atom stereocenters. The number of hydrogen-bond donors (Lipinski definition) is 0. The van der Waals surface area contributed by atoms with E-state index < -0.39 is 10.0 Å². The zero-order valence-corrected chi connectivity index (χ0v) is 15.8. The first-order valence-corrected chi connectivity index (χ1v) is 9.34. The van der Waals surface area contributed by atoms with E-state index in [4.69, 9.17) is 16.3 Å². The SMILES string of the molecule is COc1nc(Cl)nc2c1c(I)cn2S(=O)(=O)c1ccc(C)cc1. The number of benzene rings is 1. The van der Waals surface area contributed by atoms with Crippen LogP contribution in [0, 0.1) is 10.5 Å². The van der Waals surface area contributed by atoms with Gasteiger partial charge in [0.1, 0.15) is 0 Å². The van der Waals surface area contributed by atoms with Crippen molar-refractivity contribution in [2.75, 3.05) is 7.11 Å². The van der Waals surface area contributed by atoms with Crippen LogP contribution in [0.15, 0.2) is 35.4 Å². The van der Waals surface area contributed by atoms with Gasteiger partial charge in [0.05, 0.1) is 17.4 Å². The van der Waals surface area contributed by atoms with E-state index in [1.54, 1.807) is 24.3 Å². The molecule has 2 aromatic heterocycles. The highest BCUT2D eigenvalue weighted by molar-refractivity contribution is 14.1. The fourth-order valence-corrected chi connectivity index (χ4v) is 4.56. The van der Waals surface area contributed by atoms with Crippen molar-refractivity contribution in [3.05, 3.63) is 44.9 Å². The highest BCUT2D eigenvalue weighted by Gasteiger charge is 2.24. The third kappa shape index (κ3) is 2.79. The molecular formula is C14H11ClIN3O3S. The Morgan fingerprint density at radius 1 is 1.22 bits per heavy atom. The first-order valence-electron chi connectivity index (χ1n) is 6.45. The van der Waals surface area contributed by atoms with Gasteiger partial charge in [-0.3, -0.25) is 0 Å². The normalized spacial score (nSPS) is 11.8. The Labute approximate surface area is 151 Å². The van der Waals surface area contributed by atoms with Crippen LogP contribution in [-0.2, 0) is 10.0 Å². The number of aryl methyl sites for hydroxylation is 1. The lowest BCUT2D eigenvalue weighted by molar-refractivity contribution is 0.402. The molecule has 0 fully saturated rings. The van der Waals surface area contributed by atoms with Crippen LogP contribution in [0.1, 0.15) is 5.56 Å². The summed E-state index contributed by atoms with van der Waals surface area (Å²) < 4.78 is 32.7. The standard InChI is InChI=1S/C14H11ClIN3O3S/c1-8-3-5-9(6-4-8)23(20,21)19-7-10(16)11-12(19)17-14(15)18-13(11)22-2/h3-7H,1-2H3. The van der Waals surface area contributed by atoms with Gasteiger partial charge in [0.25, 0.3) is 10.0 Å². The van der Waals surface area contributed by atoms with Gasteiger partial charge in [-0.05, 0) is 53.2 Å². The molecule has 0 aliphatic carbocycles. The van der Waals surface area contributed by atoms with Gasteiger partial charge in [0.15, 0.2) is 5.65 Å². The summed E-state index contributed by atoms with van der Waals surface area (Å²) in [5.74, 6) is 0.238. The van der Waals surface area contributed by atoms with E-state index >= 15 is 0 Å². The second kappa shape index (κ2) is 5.91. The number of aromatic nitrogens is 3. The molecule has 1 aromatic carbocycles. The molecule has 0 N–H and O–H groups in total. The zero-order chi connectivity index (χ0) is 16.8. The average Bonchev–Trinajstić information content (AvgIpc) is 2.84. The van der Waals surface area contributed by atoms with Crippen LogP contribution < -0.4 is 4.74 Å². The first-order chi connectivity index (χ1) is 10.8. The van der Waals surface area contributed by atoms with Gasteiger partial charge in [-0.15, -0.1) is 0 Å². The predicted octanol–water partition coefficient (Wildman–Crippen LogP) is 3.24. The Kier molecular flexibility index (Phi) is 4.23. The lowest BCUT2D eigenvalue weighted by Gasteiger charge is -2.08. The van der Waals surface area contributed by atoms with Crippen LogP contribution in [0.3, 0.4) is 0 Å². The van der Waals surface area contributed by atoms with Crippen LogP contribution >= 0.6 is 34.2 Å². The number of nitrogens with zero attached hydrogens (tertiary/aromatic N) is 3. The van der Waals surface area contributed by atoms with Crippen molar-refractivity contribution in [1.29, 1.82) is 0 Å². The molecule has 0 radical (unpaired) electrons. The number of methoxy groups -OCH3 is 1. The maximum absolute atomic E-state index is 12.9. The fraction of sp³-hybridized carbons (Fsp3) is 0.143. The molecule has 0 unspecified atom stereocenters. The van der Waals surface area contributed by atoms with Gasteiger partial charge < -0.3 is 4.74 Å². The molecule has 0 saturated carbocycles. The van der Waals surface area contributed by atoms with Crippen LogP contribution in [0.2, 0.25) is 5.28 Å². The number of hydrogen-bond acceptors (Lipinski definition) is 5. The summed E-state index contributed by atoms with van der Waals surface area (Å²) in [6.07, 6.45) is 1.48. The van der Waals surface area contributed by atoms with Crippen molar-refractivity contribution in [3.63, 3.8) is 0 Å². The van der Waals surface area contributed by atoms with Gasteiger partial charge >= 0.3 is 0 Å². The molecule has 0 saturated heterocycles. The molecule has 9 heteroatoms. The monoisotopic (exact) mass is 463 g/mol. The van der Waals surface area contributed by atoms with Gasteiger partial charge in [-0.25, -0.2) is 12.4 Å². The van der Waals surface area contributed by atoms with E-state index in [-0.39, 0.29) is 21.7 Å². The molecule has 0 bridgehead atoms. The fourth-order valence-electron chi connectivity index (χ4n) is 2.16. The van der Waals surface area contributed by atoms with Crippen molar-refractivity contribution >= 4 is 55.2 Å². The van der Waals surface area contributed by atoms with Crippen molar-refractivity contribution in [2.45, 2.75) is 11.8 Å². The lowest BCUT2D eigenvalue weighted by Crippen LogP contribution is -2.12. The largest absolute Gasteiger partial charge is 0.480 e. The Hall–Kier alpha value is -1.39. The molecule has 0 amide bonds. The molecule has 0 spiro atoms. The van der Waals surface area contributed by atoms with Gasteiger partial charge in [-0.2, -0.15) is 9.97 Å². The summed E-state index contributed by atoms with van der Waals surface area (Å²) in [5, 5.41) is 0.428. The molecule has 0 aliphatic rings. The summed E-state index contributed by atoms with van der Waals surface area (Å²) in [7, 11) is -2.35. The predicted molar refractivity (Wildman–Crippen MR) is 95.6 cm³/mol. The molecule has 23 heavy (non-hydrogen) atoms. The van der Waals surface area contributed by atoms with E-state index in [2.05, 4.69) is 9.97 Å². The van der Waals surface area contributed by atoms with Crippen LogP contribution in [0.25, 0.3) is 11.0 Å². The van der Waals surface area contributed by atoms with E-state index in [1.807, 2.05) is 29.5 Å².